The molecule has 0 aromatic heterocycles. The van der Waals surface area contributed by atoms with Gasteiger partial charge < -0.3 is 9.84 Å². The Hall–Kier alpha value is -1.02. The summed E-state index contributed by atoms with van der Waals surface area (Å²) in [5, 5.41) is 10.6. The van der Waals surface area contributed by atoms with Gasteiger partial charge in [0.15, 0.2) is 0 Å². The number of benzene rings is 1. The number of fused-ring (bicyclic) bond motifs is 2. The molecule has 2 nitrogen and oxygen atoms in total. The Morgan fingerprint density at radius 2 is 1.95 bits per heavy atom. The van der Waals surface area contributed by atoms with Gasteiger partial charge in [0.05, 0.1) is 6.10 Å². The van der Waals surface area contributed by atoms with E-state index in [4.69, 9.17) is 4.74 Å². The SMILES string of the molecule is CC1Cc2cc(C(O)C3C4CCCCC43)ccc2O1. The van der Waals surface area contributed by atoms with Crippen LogP contribution in [0.15, 0.2) is 18.2 Å². The van der Waals surface area contributed by atoms with E-state index in [0.717, 1.165) is 29.6 Å². The lowest BCUT2D eigenvalue weighted by Crippen LogP contribution is -2.05. The number of hydrogen-bond donors (Lipinski definition) is 1. The van der Waals surface area contributed by atoms with Crippen LogP contribution in [0.25, 0.3) is 0 Å². The summed E-state index contributed by atoms with van der Waals surface area (Å²) < 4.78 is 5.73. The Balaban J connectivity index is 1.55. The summed E-state index contributed by atoms with van der Waals surface area (Å²) in [5.41, 5.74) is 2.38. The molecule has 0 bridgehead atoms. The zero-order valence-corrected chi connectivity index (χ0v) is 11.5. The molecule has 2 fully saturated rings. The van der Waals surface area contributed by atoms with Crippen molar-refractivity contribution in [1.82, 2.24) is 0 Å². The second-order valence-electron chi connectivity index (χ2n) is 6.63. The molecule has 102 valence electrons. The summed E-state index contributed by atoms with van der Waals surface area (Å²) in [7, 11) is 0. The molecule has 1 aromatic carbocycles. The summed E-state index contributed by atoms with van der Waals surface area (Å²) in [6, 6.07) is 6.28. The van der Waals surface area contributed by atoms with Gasteiger partial charge in [-0.15, -0.1) is 0 Å². The molecule has 2 heteroatoms. The van der Waals surface area contributed by atoms with Crippen LogP contribution in [0.3, 0.4) is 0 Å². The molecule has 4 rings (SSSR count). The lowest BCUT2D eigenvalue weighted by Gasteiger charge is -2.12. The molecular formula is C17H22O2. The third-order valence-electron chi connectivity index (χ3n) is 5.35. The van der Waals surface area contributed by atoms with Gasteiger partial charge in [0.25, 0.3) is 0 Å². The maximum Gasteiger partial charge on any atom is 0.123 e. The summed E-state index contributed by atoms with van der Waals surface area (Å²) in [6.45, 7) is 2.10. The maximum absolute atomic E-state index is 10.6. The van der Waals surface area contributed by atoms with Crippen LogP contribution in [-0.4, -0.2) is 11.2 Å². The first-order valence-corrected chi connectivity index (χ1v) is 7.71. The smallest absolute Gasteiger partial charge is 0.123 e. The molecule has 0 spiro atoms. The van der Waals surface area contributed by atoms with Crippen LogP contribution in [0.5, 0.6) is 5.75 Å². The Labute approximate surface area is 114 Å². The molecule has 1 aromatic rings. The number of aliphatic hydroxyl groups excluding tert-OH is 1. The van der Waals surface area contributed by atoms with E-state index in [1.807, 2.05) is 6.07 Å². The lowest BCUT2D eigenvalue weighted by molar-refractivity contribution is 0.142. The fourth-order valence-corrected chi connectivity index (χ4v) is 4.36. The lowest BCUT2D eigenvalue weighted by atomic mass is 9.99. The quantitative estimate of drug-likeness (QED) is 0.880. The highest BCUT2D eigenvalue weighted by molar-refractivity contribution is 5.41. The topological polar surface area (TPSA) is 29.5 Å². The summed E-state index contributed by atoms with van der Waals surface area (Å²) >= 11 is 0. The minimum Gasteiger partial charge on any atom is -0.490 e. The van der Waals surface area contributed by atoms with E-state index < -0.39 is 0 Å². The first kappa shape index (κ1) is 11.8. The van der Waals surface area contributed by atoms with Crippen LogP contribution >= 0.6 is 0 Å². The minimum absolute atomic E-state index is 0.255. The molecule has 3 aliphatic rings. The highest BCUT2D eigenvalue weighted by atomic mass is 16.5. The number of aliphatic hydroxyl groups is 1. The van der Waals surface area contributed by atoms with Gasteiger partial charge >= 0.3 is 0 Å². The molecule has 1 N–H and O–H groups in total. The second kappa shape index (κ2) is 4.24. The summed E-state index contributed by atoms with van der Waals surface area (Å²) in [6.07, 6.45) is 6.39. The number of hydrogen-bond acceptors (Lipinski definition) is 2. The molecule has 2 saturated carbocycles. The van der Waals surface area contributed by atoms with Crippen molar-refractivity contribution >= 4 is 0 Å². The third-order valence-corrected chi connectivity index (χ3v) is 5.35. The minimum atomic E-state index is -0.255. The van der Waals surface area contributed by atoms with Crippen LogP contribution in [-0.2, 0) is 6.42 Å². The average molecular weight is 258 g/mol. The molecule has 2 aliphatic carbocycles. The van der Waals surface area contributed by atoms with Crippen LogP contribution in [0.2, 0.25) is 0 Å². The van der Waals surface area contributed by atoms with E-state index in [-0.39, 0.29) is 12.2 Å². The van der Waals surface area contributed by atoms with E-state index >= 15 is 0 Å². The standard InChI is InChI=1S/C17H22O2/c1-10-8-12-9-11(6-7-15(12)19-10)17(18)16-13-4-2-3-5-14(13)16/h6-7,9-10,13-14,16-18H,2-5,8H2,1H3. The highest BCUT2D eigenvalue weighted by Gasteiger charge is 2.54. The summed E-state index contributed by atoms with van der Waals surface area (Å²) in [5.74, 6) is 3.14. The largest absolute Gasteiger partial charge is 0.490 e. The molecule has 4 unspecified atom stereocenters. The normalized spacial score (nSPS) is 37.2. The van der Waals surface area contributed by atoms with Gasteiger partial charge in [0.2, 0.25) is 0 Å². The van der Waals surface area contributed by atoms with Gasteiger partial charge in [0.1, 0.15) is 11.9 Å². The first-order valence-electron chi connectivity index (χ1n) is 7.71. The molecule has 1 heterocycles. The average Bonchev–Trinajstić information content (AvgIpc) is 3.02. The van der Waals surface area contributed by atoms with E-state index in [1.54, 1.807) is 0 Å². The predicted molar refractivity (Wildman–Crippen MR) is 74.1 cm³/mol. The van der Waals surface area contributed by atoms with Crippen molar-refractivity contribution in [3.05, 3.63) is 29.3 Å². The van der Waals surface area contributed by atoms with E-state index in [9.17, 15) is 5.11 Å². The van der Waals surface area contributed by atoms with Crippen molar-refractivity contribution in [2.45, 2.75) is 51.2 Å². The zero-order valence-electron chi connectivity index (χ0n) is 11.5. The van der Waals surface area contributed by atoms with Crippen LogP contribution in [0.1, 0.15) is 49.8 Å². The highest BCUT2D eigenvalue weighted by Crippen LogP contribution is 2.60. The van der Waals surface area contributed by atoms with Crippen LogP contribution in [0, 0.1) is 17.8 Å². The van der Waals surface area contributed by atoms with E-state index in [1.165, 1.54) is 31.2 Å². The van der Waals surface area contributed by atoms with E-state index in [0.29, 0.717) is 5.92 Å². The van der Waals surface area contributed by atoms with Gasteiger partial charge in [0, 0.05) is 6.42 Å². The second-order valence-corrected chi connectivity index (χ2v) is 6.63. The van der Waals surface area contributed by atoms with E-state index in [2.05, 4.69) is 19.1 Å². The van der Waals surface area contributed by atoms with Crippen molar-refractivity contribution in [1.29, 1.82) is 0 Å². The van der Waals surface area contributed by atoms with Crippen molar-refractivity contribution < 1.29 is 9.84 Å². The van der Waals surface area contributed by atoms with Gasteiger partial charge in [-0.2, -0.15) is 0 Å². The Kier molecular flexibility index (Phi) is 2.63. The molecular weight excluding hydrogens is 236 g/mol. The van der Waals surface area contributed by atoms with Gasteiger partial charge in [-0.3, -0.25) is 0 Å². The monoisotopic (exact) mass is 258 g/mol. The maximum atomic E-state index is 10.6. The van der Waals surface area contributed by atoms with Crippen LogP contribution < -0.4 is 4.74 Å². The summed E-state index contributed by atoms with van der Waals surface area (Å²) in [4.78, 5) is 0. The first-order chi connectivity index (χ1) is 9.24. The Bertz CT molecular complexity index is 484. The Morgan fingerprint density at radius 1 is 1.21 bits per heavy atom. The van der Waals surface area contributed by atoms with Gasteiger partial charge in [-0.1, -0.05) is 18.9 Å². The van der Waals surface area contributed by atoms with Gasteiger partial charge in [-0.25, -0.2) is 0 Å². The fraction of sp³-hybridized carbons (Fsp3) is 0.647. The molecule has 0 saturated heterocycles. The number of rotatable bonds is 2. The van der Waals surface area contributed by atoms with Gasteiger partial charge in [-0.05, 0) is 60.8 Å². The van der Waals surface area contributed by atoms with Crippen molar-refractivity contribution in [3.8, 4) is 5.75 Å². The van der Waals surface area contributed by atoms with Crippen molar-refractivity contribution in [2.24, 2.45) is 17.8 Å². The fourth-order valence-electron chi connectivity index (χ4n) is 4.36. The molecule has 0 radical (unpaired) electrons. The zero-order chi connectivity index (χ0) is 13.0. The van der Waals surface area contributed by atoms with Crippen LogP contribution in [0.4, 0.5) is 0 Å². The number of ether oxygens (including phenoxy) is 1. The Morgan fingerprint density at radius 3 is 2.68 bits per heavy atom. The predicted octanol–water partition coefficient (Wildman–Crippen LogP) is 3.48. The molecule has 4 atom stereocenters. The molecule has 1 aliphatic heterocycles. The molecule has 19 heavy (non-hydrogen) atoms. The van der Waals surface area contributed by atoms with Crippen molar-refractivity contribution in [3.63, 3.8) is 0 Å². The molecule has 0 amide bonds. The van der Waals surface area contributed by atoms with Crippen molar-refractivity contribution in [2.75, 3.05) is 0 Å². The third kappa shape index (κ3) is 1.88.